The van der Waals surface area contributed by atoms with E-state index in [9.17, 15) is 39.0 Å². The highest BCUT2D eigenvalue weighted by molar-refractivity contribution is 6.32. The molecule has 4 N–H and O–H groups in total. The minimum atomic E-state index is -2.76. The molecular formula is C34H38N4O9. The highest BCUT2D eigenvalue weighted by atomic mass is 16.5. The molecule has 248 valence electrons. The summed E-state index contributed by atoms with van der Waals surface area (Å²) >= 11 is 0. The lowest BCUT2D eigenvalue weighted by Crippen LogP contribution is -2.74. The van der Waals surface area contributed by atoms with Crippen molar-refractivity contribution >= 4 is 35.1 Å². The molecule has 2 unspecified atom stereocenters. The molecule has 2 aromatic rings. The summed E-state index contributed by atoms with van der Waals surface area (Å²) in [5.41, 5.74) is 5.68. The Morgan fingerprint density at radius 1 is 1.00 bits per heavy atom. The van der Waals surface area contributed by atoms with Crippen LogP contribution in [0.2, 0.25) is 0 Å². The van der Waals surface area contributed by atoms with E-state index in [4.69, 9.17) is 10.5 Å². The molecule has 6 rings (SSSR count). The largest absolute Gasteiger partial charge is 0.507 e. The Balaban J connectivity index is 1.30. The van der Waals surface area contributed by atoms with Gasteiger partial charge in [-0.05, 0) is 61.2 Å². The molecule has 0 spiro atoms. The molecule has 0 radical (unpaired) electrons. The van der Waals surface area contributed by atoms with Crippen LogP contribution in [0.3, 0.4) is 0 Å². The van der Waals surface area contributed by atoms with E-state index in [2.05, 4.69) is 4.90 Å². The molecule has 4 aliphatic rings. The molecule has 1 saturated heterocycles. The van der Waals surface area contributed by atoms with Gasteiger partial charge in [-0.25, -0.2) is 4.79 Å². The summed E-state index contributed by atoms with van der Waals surface area (Å²) in [5, 5.41) is 22.6. The van der Waals surface area contributed by atoms with E-state index in [0.717, 1.165) is 11.1 Å². The Morgan fingerprint density at radius 3 is 2.26 bits per heavy atom. The summed E-state index contributed by atoms with van der Waals surface area (Å²) in [5.74, 6) is -10.7. The first-order chi connectivity index (χ1) is 22.3. The van der Waals surface area contributed by atoms with Crippen LogP contribution in [0.4, 0.5) is 4.79 Å². The number of aromatic hydroxyl groups is 1. The van der Waals surface area contributed by atoms with E-state index in [1.807, 2.05) is 24.3 Å². The average molecular weight is 647 g/mol. The van der Waals surface area contributed by atoms with E-state index < -0.39 is 64.4 Å². The van der Waals surface area contributed by atoms with Crippen LogP contribution in [-0.2, 0) is 36.9 Å². The molecule has 3 fully saturated rings. The van der Waals surface area contributed by atoms with E-state index in [1.165, 1.54) is 18.1 Å². The Kier molecular flexibility index (Phi) is 8.27. The van der Waals surface area contributed by atoms with Gasteiger partial charge in [-0.3, -0.25) is 33.8 Å². The minimum absolute atomic E-state index is 0.0127. The SMILES string of the molecule is COC(=O)N1CCN(Cc2ccc(-c3ccc(O)c4c3C[C@H]3C[C@H]5[C@H](N(C)C)C(=O)C(C(N)=O)C(=O)[C@@]5(O)C(=O)C3C4=O)cc2)CC1. The molecule has 3 aliphatic carbocycles. The zero-order valence-electron chi connectivity index (χ0n) is 26.5. The number of primary amides is 1. The maximum absolute atomic E-state index is 14.0. The fourth-order valence-electron chi connectivity index (χ4n) is 8.14. The van der Waals surface area contributed by atoms with Crippen LogP contribution >= 0.6 is 0 Å². The molecular weight excluding hydrogens is 608 g/mol. The molecule has 47 heavy (non-hydrogen) atoms. The Labute approximate surface area is 271 Å². The lowest BCUT2D eigenvalue weighted by atomic mass is 9.52. The second-order valence-electron chi connectivity index (χ2n) is 13.2. The Hall–Kier alpha value is -4.46. The third-order valence-electron chi connectivity index (χ3n) is 10.4. The van der Waals surface area contributed by atoms with Gasteiger partial charge in [-0.15, -0.1) is 0 Å². The van der Waals surface area contributed by atoms with Gasteiger partial charge in [-0.2, -0.15) is 0 Å². The minimum Gasteiger partial charge on any atom is -0.507 e. The number of phenols is 1. The van der Waals surface area contributed by atoms with Crippen molar-refractivity contribution in [3.63, 3.8) is 0 Å². The van der Waals surface area contributed by atoms with Crippen LogP contribution in [0.25, 0.3) is 11.1 Å². The first kappa shape index (κ1) is 32.5. The predicted molar refractivity (Wildman–Crippen MR) is 166 cm³/mol. The number of hydrogen-bond acceptors (Lipinski definition) is 11. The number of Topliss-reactive ketones (excluding diaryl/α,β-unsaturated/α-hetero) is 4. The molecule has 13 nitrogen and oxygen atoms in total. The molecule has 6 atom stereocenters. The van der Waals surface area contributed by atoms with Gasteiger partial charge < -0.3 is 25.6 Å². The molecule has 0 aromatic heterocycles. The summed E-state index contributed by atoms with van der Waals surface area (Å²) in [6, 6.07) is 9.77. The number of benzene rings is 2. The quantitative estimate of drug-likeness (QED) is 0.382. The third kappa shape index (κ3) is 5.13. The number of aliphatic hydroxyl groups is 1. The van der Waals surface area contributed by atoms with Crippen molar-refractivity contribution in [2.75, 3.05) is 47.4 Å². The molecule has 13 heteroatoms. The first-order valence-electron chi connectivity index (χ1n) is 15.6. The third-order valence-corrected chi connectivity index (χ3v) is 10.4. The van der Waals surface area contributed by atoms with Crippen LogP contribution in [-0.4, -0.2) is 119 Å². The maximum atomic E-state index is 14.0. The van der Waals surface area contributed by atoms with Gasteiger partial charge in [0.2, 0.25) is 5.91 Å². The van der Waals surface area contributed by atoms with Gasteiger partial charge in [0.15, 0.2) is 34.7 Å². The number of amides is 2. The van der Waals surface area contributed by atoms with Crippen molar-refractivity contribution in [2.24, 2.45) is 29.4 Å². The number of nitrogens with zero attached hydrogens (tertiary/aromatic N) is 3. The van der Waals surface area contributed by atoms with Gasteiger partial charge in [0.05, 0.1) is 24.6 Å². The van der Waals surface area contributed by atoms with Crippen molar-refractivity contribution in [1.82, 2.24) is 14.7 Å². The molecule has 1 heterocycles. The second kappa shape index (κ2) is 12.0. The topological polar surface area (TPSA) is 188 Å². The highest BCUT2D eigenvalue weighted by Gasteiger charge is 2.69. The fraction of sp³-hybridized carbons (Fsp3) is 0.471. The molecule has 2 amide bonds. The van der Waals surface area contributed by atoms with Gasteiger partial charge in [0.25, 0.3) is 0 Å². The first-order valence-corrected chi connectivity index (χ1v) is 15.6. The number of methoxy groups -OCH3 is 1. The van der Waals surface area contributed by atoms with E-state index in [0.29, 0.717) is 43.9 Å². The number of rotatable bonds is 5. The van der Waals surface area contributed by atoms with Crippen LogP contribution < -0.4 is 5.73 Å². The highest BCUT2D eigenvalue weighted by Crippen LogP contribution is 2.51. The maximum Gasteiger partial charge on any atom is 0.409 e. The van der Waals surface area contributed by atoms with Gasteiger partial charge in [-0.1, -0.05) is 30.3 Å². The number of ether oxygens (including phenoxy) is 1. The molecule has 1 aliphatic heterocycles. The van der Waals surface area contributed by atoms with Crippen LogP contribution in [0.1, 0.15) is 27.9 Å². The Morgan fingerprint density at radius 2 is 1.66 bits per heavy atom. The number of hydrogen-bond donors (Lipinski definition) is 3. The van der Waals surface area contributed by atoms with Crippen molar-refractivity contribution in [1.29, 1.82) is 0 Å². The number of phenolic OH excluding ortho intramolecular Hbond substituents is 1. The normalized spacial score (nSPS) is 29.3. The van der Waals surface area contributed by atoms with Crippen LogP contribution in [0.5, 0.6) is 5.75 Å². The van der Waals surface area contributed by atoms with Crippen molar-refractivity contribution in [3.8, 4) is 16.9 Å². The molecule has 0 bridgehead atoms. The average Bonchev–Trinajstić information content (AvgIpc) is 3.03. The lowest BCUT2D eigenvalue weighted by molar-refractivity contribution is -0.181. The van der Waals surface area contributed by atoms with Crippen molar-refractivity contribution < 1.29 is 43.7 Å². The number of carbonyl (C=O) groups is 6. The fourth-order valence-corrected chi connectivity index (χ4v) is 8.14. The van der Waals surface area contributed by atoms with Crippen molar-refractivity contribution in [2.45, 2.75) is 31.0 Å². The standard InChI is InChI=1S/C34H38N4O9/c1-36(2)27-22-15-19-14-21-20(18-6-4-17(5-7-18)16-37-10-12-38(13-11-37)33(45)47-3)8-9-23(39)25(21)28(40)24(19)30(42)34(22,46)31(43)26(29(27)41)32(35)44/h4-9,19,22,24,26-27,39,46H,10-16H2,1-3H3,(H2,35,44)/t19-,22-,24?,26?,27-,34-/m0/s1. The summed E-state index contributed by atoms with van der Waals surface area (Å²) in [7, 11) is 4.47. The summed E-state index contributed by atoms with van der Waals surface area (Å²) in [6.45, 7) is 3.24. The van der Waals surface area contributed by atoms with Gasteiger partial charge >= 0.3 is 6.09 Å². The number of ketones is 4. The summed E-state index contributed by atoms with van der Waals surface area (Å²) < 4.78 is 4.81. The predicted octanol–water partition coefficient (Wildman–Crippen LogP) is 0.418. The van der Waals surface area contributed by atoms with Gasteiger partial charge in [0.1, 0.15) is 5.75 Å². The summed E-state index contributed by atoms with van der Waals surface area (Å²) in [6.07, 6.45) is -0.164. The zero-order valence-corrected chi connectivity index (χ0v) is 26.5. The number of likely N-dealkylation sites (N-methyl/N-ethyl adjacent to an activating group) is 1. The molecule has 2 aromatic carbocycles. The van der Waals surface area contributed by atoms with Gasteiger partial charge in [0, 0.05) is 38.6 Å². The number of carbonyl (C=O) groups excluding carboxylic acids is 6. The van der Waals surface area contributed by atoms with Crippen molar-refractivity contribution in [3.05, 3.63) is 53.1 Å². The lowest BCUT2D eigenvalue weighted by Gasteiger charge is -2.52. The van der Waals surface area contributed by atoms with Crippen LogP contribution in [0.15, 0.2) is 36.4 Å². The number of nitrogens with two attached hydrogens (primary N) is 1. The second-order valence-corrected chi connectivity index (χ2v) is 13.2. The van der Waals surface area contributed by atoms with E-state index >= 15 is 0 Å². The summed E-state index contributed by atoms with van der Waals surface area (Å²) in [4.78, 5) is 84.2. The smallest absolute Gasteiger partial charge is 0.409 e. The molecule has 2 saturated carbocycles. The Bertz CT molecular complexity index is 1680. The number of fused-ring (bicyclic) bond motifs is 3. The van der Waals surface area contributed by atoms with E-state index in [1.54, 1.807) is 25.1 Å². The van der Waals surface area contributed by atoms with Crippen LogP contribution in [0, 0.1) is 23.7 Å². The number of piperazine rings is 1. The zero-order chi connectivity index (χ0) is 33.9. The monoisotopic (exact) mass is 646 g/mol. The van der Waals surface area contributed by atoms with E-state index in [-0.39, 0.29) is 30.2 Å².